The molecule has 23 heavy (non-hydrogen) atoms. The average Bonchev–Trinajstić information content (AvgIpc) is 2.61. The molecule has 0 saturated heterocycles. The minimum Gasteiger partial charge on any atom is -0.355 e. The number of para-hydroxylation sites is 2. The van der Waals surface area contributed by atoms with Gasteiger partial charge in [0.2, 0.25) is 0 Å². The van der Waals surface area contributed by atoms with E-state index in [4.69, 9.17) is 9.97 Å². The maximum absolute atomic E-state index is 12.8. The van der Waals surface area contributed by atoms with Crippen molar-refractivity contribution in [2.75, 3.05) is 29.9 Å². The second-order valence-corrected chi connectivity index (χ2v) is 5.60. The first-order chi connectivity index (χ1) is 11.2. The average molecular weight is 304 g/mol. The van der Waals surface area contributed by atoms with Crippen LogP contribution in [0.3, 0.4) is 0 Å². The maximum Gasteiger partial charge on any atom is 0.259 e. The van der Waals surface area contributed by atoms with Crippen LogP contribution in [0.5, 0.6) is 0 Å². The van der Waals surface area contributed by atoms with E-state index in [-0.39, 0.29) is 5.91 Å². The van der Waals surface area contributed by atoms with Gasteiger partial charge in [-0.3, -0.25) is 9.69 Å². The Morgan fingerprint density at radius 3 is 2.17 bits per heavy atom. The molecule has 0 unspecified atom stereocenters. The van der Waals surface area contributed by atoms with Gasteiger partial charge in [0.1, 0.15) is 0 Å². The molecule has 4 rings (SSSR count). The SMILES string of the molecule is CN1CCN(C(=O)c2ccccc2)c2nc3ccccc3nc21. The van der Waals surface area contributed by atoms with Crippen LogP contribution >= 0.6 is 0 Å². The zero-order valence-corrected chi connectivity index (χ0v) is 12.8. The Morgan fingerprint density at radius 2 is 1.48 bits per heavy atom. The van der Waals surface area contributed by atoms with Crippen molar-refractivity contribution in [1.29, 1.82) is 0 Å². The van der Waals surface area contributed by atoms with Crippen molar-refractivity contribution < 1.29 is 4.79 Å². The predicted molar refractivity (Wildman–Crippen MR) is 90.9 cm³/mol. The van der Waals surface area contributed by atoms with E-state index < -0.39 is 0 Å². The first kappa shape index (κ1) is 13.7. The van der Waals surface area contributed by atoms with Crippen LogP contribution in [0.15, 0.2) is 54.6 Å². The van der Waals surface area contributed by atoms with Gasteiger partial charge in [0.15, 0.2) is 11.6 Å². The summed E-state index contributed by atoms with van der Waals surface area (Å²) < 4.78 is 0. The van der Waals surface area contributed by atoms with Gasteiger partial charge in [-0.25, -0.2) is 9.97 Å². The molecule has 0 atom stereocenters. The van der Waals surface area contributed by atoms with E-state index in [0.717, 1.165) is 23.4 Å². The molecule has 114 valence electrons. The van der Waals surface area contributed by atoms with Gasteiger partial charge in [-0.2, -0.15) is 0 Å². The van der Waals surface area contributed by atoms with Crippen molar-refractivity contribution in [3.8, 4) is 0 Å². The monoisotopic (exact) mass is 304 g/mol. The van der Waals surface area contributed by atoms with Crippen LogP contribution in [-0.2, 0) is 0 Å². The molecule has 3 aromatic rings. The number of fused-ring (bicyclic) bond motifs is 2. The van der Waals surface area contributed by atoms with Crippen molar-refractivity contribution >= 4 is 28.6 Å². The second-order valence-electron chi connectivity index (χ2n) is 5.60. The quantitative estimate of drug-likeness (QED) is 0.693. The lowest BCUT2D eigenvalue weighted by Gasteiger charge is -2.33. The van der Waals surface area contributed by atoms with E-state index in [9.17, 15) is 4.79 Å². The fourth-order valence-corrected chi connectivity index (χ4v) is 2.81. The zero-order valence-electron chi connectivity index (χ0n) is 12.8. The molecule has 1 aromatic heterocycles. The highest BCUT2D eigenvalue weighted by Gasteiger charge is 2.29. The number of anilines is 2. The summed E-state index contributed by atoms with van der Waals surface area (Å²) >= 11 is 0. The highest BCUT2D eigenvalue weighted by atomic mass is 16.2. The Hall–Kier alpha value is -2.95. The highest BCUT2D eigenvalue weighted by molar-refractivity contribution is 6.07. The Bertz CT molecular complexity index is 879. The maximum atomic E-state index is 12.8. The minimum atomic E-state index is -0.0375. The van der Waals surface area contributed by atoms with E-state index in [1.165, 1.54) is 0 Å². The minimum absolute atomic E-state index is 0.0375. The van der Waals surface area contributed by atoms with Crippen LogP contribution in [0.25, 0.3) is 11.0 Å². The number of rotatable bonds is 1. The van der Waals surface area contributed by atoms with Gasteiger partial charge < -0.3 is 4.90 Å². The summed E-state index contributed by atoms with van der Waals surface area (Å²) in [6.45, 7) is 1.34. The number of hydrogen-bond acceptors (Lipinski definition) is 4. The number of hydrogen-bond donors (Lipinski definition) is 0. The summed E-state index contributed by atoms with van der Waals surface area (Å²) in [5.41, 5.74) is 2.30. The lowest BCUT2D eigenvalue weighted by atomic mass is 10.2. The molecule has 5 nitrogen and oxygen atoms in total. The molecule has 1 aliphatic heterocycles. The van der Waals surface area contributed by atoms with Crippen LogP contribution in [0.2, 0.25) is 0 Å². The third-order valence-electron chi connectivity index (χ3n) is 4.08. The van der Waals surface area contributed by atoms with Crippen molar-refractivity contribution in [2.45, 2.75) is 0 Å². The van der Waals surface area contributed by atoms with Gasteiger partial charge in [-0.1, -0.05) is 30.3 Å². The number of benzene rings is 2. The predicted octanol–water partition coefficient (Wildman–Crippen LogP) is 2.73. The van der Waals surface area contributed by atoms with Gasteiger partial charge in [0, 0.05) is 25.7 Å². The number of aromatic nitrogens is 2. The molecule has 1 aliphatic rings. The molecule has 0 fully saturated rings. The molecule has 2 heterocycles. The zero-order chi connectivity index (χ0) is 15.8. The van der Waals surface area contributed by atoms with Crippen LogP contribution in [0.4, 0.5) is 11.6 Å². The van der Waals surface area contributed by atoms with E-state index >= 15 is 0 Å². The smallest absolute Gasteiger partial charge is 0.259 e. The van der Waals surface area contributed by atoms with Gasteiger partial charge in [-0.05, 0) is 24.3 Å². The lowest BCUT2D eigenvalue weighted by Crippen LogP contribution is -2.43. The molecular formula is C18H16N4O. The molecular weight excluding hydrogens is 288 g/mol. The van der Waals surface area contributed by atoms with Crippen LogP contribution < -0.4 is 9.80 Å². The normalized spacial score (nSPS) is 14.0. The third-order valence-corrected chi connectivity index (χ3v) is 4.08. The third kappa shape index (κ3) is 2.30. The lowest BCUT2D eigenvalue weighted by molar-refractivity contribution is 0.0986. The largest absolute Gasteiger partial charge is 0.355 e. The Kier molecular flexibility index (Phi) is 3.19. The van der Waals surface area contributed by atoms with Gasteiger partial charge >= 0.3 is 0 Å². The second kappa shape index (κ2) is 5.35. The molecule has 0 saturated carbocycles. The number of amides is 1. The van der Waals surface area contributed by atoms with E-state index in [1.807, 2.05) is 66.5 Å². The van der Waals surface area contributed by atoms with E-state index in [1.54, 1.807) is 4.90 Å². The van der Waals surface area contributed by atoms with E-state index in [0.29, 0.717) is 17.9 Å². The topological polar surface area (TPSA) is 49.3 Å². The van der Waals surface area contributed by atoms with Crippen molar-refractivity contribution in [3.05, 3.63) is 60.2 Å². The molecule has 0 spiro atoms. The molecule has 0 N–H and O–H groups in total. The summed E-state index contributed by atoms with van der Waals surface area (Å²) in [6.07, 6.45) is 0. The molecule has 5 heteroatoms. The highest BCUT2D eigenvalue weighted by Crippen LogP contribution is 2.31. The van der Waals surface area contributed by atoms with Gasteiger partial charge in [0.05, 0.1) is 11.0 Å². The van der Waals surface area contributed by atoms with Crippen LogP contribution in [0, 0.1) is 0 Å². The fraction of sp³-hybridized carbons (Fsp3) is 0.167. The number of likely N-dealkylation sites (N-methyl/N-ethyl adjacent to an activating group) is 1. The summed E-state index contributed by atoms with van der Waals surface area (Å²) in [6, 6.07) is 17.0. The number of carbonyl (C=O) groups is 1. The van der Waals surface area contributed by atoms with Crippen LogP contribution in [-0.4, -0.2) is 36.0 Å². The standard InChI is InChI=1S/C18H16N4O/c1-21-11-12-22(18(23)13-7-3-2-4-8-13)17-16(21)19-14-9-5-6-10-15(14)20-17/h2-10H,11-12H2,1H3. The van der Waals surface area contributed by atoms with Crippen molar-refractivity contribution in [1.82, 2.24) is 9.97 Å². The molecule has 0 bridgehead atoms. The van der Waals surface area contributed by atoms with Crippen molar-refractivity contribution in [2.24, 2.45) is 0 Å². The first-order valence-electron chi connectivity index (χ1n) is 7.59. The molecule has 2 aromatic carbocycles. The van der Waals surface area contributed by atoms with Crippen LogP contribution in [0.1, 0.15) is 10.4 Å². The number of nitrogens with zero attached hydrogens (tertiary/aromatic N) is 4. The van der Waals surface area contributed by atoms with Gasteiger partial charge in [-0.15, -0.1) is 0 Å². The van der Waals surface area contributed by atoms with Crippen molar-refractivity contribution in [3.63, 3.8) is 0 Å². The summed E-state index contributed by atoms with van der Waals surface area (Å²) in [5, 5.41) is 0. The molecule has 1 amide bonds. The van der Waals surface area contributed by atoms with E-state index in [2.05, 4.69) is 0 Å². The van der Waals surface area contributed by atoms with Gasteiger partial charge in [0.25, 0.3) is 5.91 Å². The Morgan fingerprint density at radius 1 is 0.870 bits per heavy atom. The molecule has 0 radical (unpaired) electrons. The number of carbonyl (C=O) groups excluding carboxylic acids is 1. The fourth-order valence-electron chi connectivity index (χ4n) is 2.81. The Balaban J connectivity index is 1.84. The summed E-state index contributed by atoms with van der Waals surface area (Å²) in [7, 11) is 1.98. The molecule has 0 aliphatic carbocycles. The first-order valence-corrected chi connectivity index (χ1v) is 7.59. The summed E-state index contributed by atoms with van der Waals surface area (Å²) in [4.78, 5) is 26.0. The summed E-state index contributed by atoms with van der Waals surface area (Å²) in [5.74, 6) is 1.34. The Labute approximate surface area is 134 Å².